The van der Waals surface area contributed by atoms with Crippen LogP contribution in [0.25, 0.3) is 0 Å². The first-order chi connectivity index (χ1) is 8.01. The van der Waals surface area contributed by atoms with E-state index in [0.29, 0.717) is 12.0 Å². The van der Waals surface area contributed by atoms with Crippen molar-refractivity contribution >= 4 is 31.3 Å². The standard InChI is InChI=1S/C13H22O2SSi/c1-6-17(7-2,8-3)12(10-16)9-11(4)13(14)15-5/h4,6-9H2,1-3,5H3. The van der Waals surface area contributed by atoms with E-state index in [0.717, 1.165) is 23.3 Å². The van der Waals surface area contributed by atoms with Crippen LogP contribution in [0, 0.1) is 0 Å². The molecule has 0 unspecified atom stereocenters. The largest absolute Gasteiger partial charge is 0.466 e. The minimum atomic E-state index is -1.54. The number of carbonyl (C=O) groups excluding carboxylic acids is 1. The van der Waals surface area contributed by atoms with Crippen molar-refractivity contribution in [2.45, 2.75) is 45.3 Å². The maximum atomic E-state index is 11.4. The highest BCUT2D eigenvalue weighted by molar-refractivity contribution is 7.78. The Hall–Kier alpha value is -0.703. The van der Waals surface area contributed by atoms with Crippen LogP contribution in [0.2, 0.25) is 18.1 Å². The molecule has 0 aromatic carbocycles. The molecule has 0 aliphatic heterocycles. The average molecular weight is 270 g/mol. The Morgan fingerprint density at radius 1 is 1.29 bits per heavy atom. The Bertz CT molecular complexity index is 331. The molecule has 0 spiro atoms. The summed E-state index contributed by atoms with van der Waals surface area (Å²) in [6, 6.07) is 3.40. The van der Waals surface area contributed by atoms with Gasteiger partial charge in [-0.15, -0.1) is 0 Å². The Kier molecular flexibility index (Phi) is 7.28. The number of hydrogen-bond donors (Lipinski definition) is 0. The minimum Gasteiger partial charge on any atom is -0.466 e. The molecule has 0 saturated heterocycles. The maximum Gasteiger partial charge on any atom is 0.333 e. The van der Waals surface area contributed by atoms with Gasteiger partial charge in [0.1, 0.15) is 0 Å². The molecular weight excluding hydrogens is 248 g/mol. The summed E-state index contributed by atoms with van der Waals surface area (Å²) < 4.78 is 4.67. The van der Waals surface area contributed by atoms with E-state index in [4.69, 9.17) is 12.2 Å². The summed E-state index contributed by atoms with van der Waals surface area (Å²) in [5.41, 5.74) is 0.479. The van der Waals surface area contributed by atoms with Crippen LogP contribution in [-0.4, -0.2) is 26.2 Å². The summed E-state index contributed by atoms with van der Waals surface area (Å²) in [4.78, 5) is 11.4. The fourth-order valence-electron chi connectivity index (χ4n) is 2.15. The summed E-state index contributed by atoms with van der Waals surface area (Å²) >= 11 is 5.02. The van der Waals surface area contributed by atoms with Gasteiger partial charge in [0.05, 0.1) is 15.2 Å². The highest BCUT2D eigenvalue weighted by atomic mass is 32.1. The second-order valence-electron chi connectivity index (χ2n) is 4.19. The molecule has 0 aliphatic carbocycles. The second-order valence-corrected chi connectivity index (χ2v) is 9.68. The van der Waals surface area contributed by atoms with Gasteiger partial charge in [-0.2, -0.15) is 0 Å². The second kappa shape index (κ2) is 7.59. The van der Waals surface area contributed by atoms with Crippen LogP contribution in [0.15, 0.2) is 17.3 Å². The smallest absolute Gasteiger partial charge is 0.333 e. The van der Waals surface area contributed by atoms with Crippen molar-refractivity contribution in [2.75, 3.05) is 7.11 Å². The number of rotatable bonds is 7. The van der Waals surface area contributed by atoms with Crippen LogP contribution in [0.5, 0.6) is 0 Å². The van der Waals surface area contributed by atoms with Crippen LogP contribution >= 0.6 is 12.2 Å². The molecular formula is C13H22O2SSi. The number of allylic oxidation sites excluding steroid dienone is 1. The lowest BCUT2D eigenvalue weighted by Crippen LogP contribution is -2.35. The Morgan fingerprint density at radius 2 is 1.76 bits per heavy atom. The molecule has 0 aliphatic rings. The SMILES string of the molecule is C=C(CC(=C=S)[Si](CC)(CC)CC)C(=O)OC. The fraction of sp³-hybridized carbons (Fsp3) is 0.615. The van der Waals surface area contributed by atoms with E-state index in [1.807, 2.05) is 0 Å². The van der Waals surface area contributed by atoms with E-state index in [1.165, 1.54) is 7.11 Å². The topological polar surface area (TPSA) is 26.3 Å². The Morgan fingerprint density at radius 3 is 2.06 bits per heavy atom. The van der Waals surface area contributed by atoms with Crippen LogP contribution in [-0.2, 0) is 9.53 Å². The predicted octanol–water partition coefficient (Wildman–Crippen LogP) is 3.68. The molecule has 0 aromatic rings. The number of thiocarbonyl (C=S) groups is 1. The van der Waals surface area contributed by atoms with Gasteiger partial charge in [-0.05, 0) is 17.4 Å². The molecule has 4 heteroatoms. The third-order valence-electron chi connectivity index (χ3n) is 3.66. The first-order valence-corrected chi connectivity index (χ1v) is 9.04. The molecule has 17 heavy (non-hydrogen) atoms. The zero-order valence-corrected chi connectivity index (χ0v) is 13.1. The van der Waals surface area contributed by atoms with Crippen molar-refractivity contribution < 1.29 is 9.53 Å². The van der Waals surface area contributed by atoms with E-state index in [2.05, 4.69) is 37.1 Å². The van der Waals surface area contributed by atoms with Crippen molar-refractivity contribution in [1.82, 2.24) is 0 Å². The molecule has 0 aromatic heterocycles. The van der Waals surface area contributed by atoms with E-state index in [-0.39, 0.29) is 5.97 Å². The first kappa shape index (κ1) is 16.3. The summed E-state index contributed by atoms with van der Waals surface area (Å²) in [5, 5.41) is 4.03. The Balaban J connectivity index is 5.04. The van der Waals surface area contributed by atoms with Gasteiger partial charge in [-0.25, -0.2) is 4.79 Å². The van der Waals surface area contributed by atoms with Gasteiger partial charge in [0.25, 0.3) is 0 Å². The highest BCUT2D eigenvalue weighted by Gasteiger charge is 2.32. The van der Waals surface area contributed by atoms with Crippen molar-refractivity contribution in [2.24, 2.45) is 0 Å². The Labute approximate surface area is 111 Å². The molecule has 0 N–H and O–H groups in total. The zero-order valence-electron chi connectivity index (χ0n) is 11.3. The number of esters is 1. The normalized spacial score (nSPS) is 10.6. The number of hydrogen-bond acceptors (Lipinski definition) is 3. The fourth-order valence-corrected chi connectivity index (χ4v) is 6.46. The predicted molar refractivity (Wildman–Crippen MR) is 79.1 cm³/mol. The zero-order chi connectivity index (χ0) is 13.5. The first-order valence-electron chi connectivity index (χ1n) is 6.01. The number of methoxy groups -OCH3 is 1. The van der Waals surface area contributed by atoms with E-state index < -0.39 is 8.07 Å². The monoisotopic (exact) mass is 270 g/mol. The van der Waals surface area contributed by atoms with Gasteiger partial charge in [0, 0.05) is 12.0 Å². The van der Waals surface area contributed by atoms with Crippen molar-refractivity contribution in [3.05, 3.63) is 17.3 Å². The van der Waals surface area contributed by atoms with Crippen LogP contribution in [0.1, 0.15) is 27.2 Å². The third kappa shape index (κ3) is 3.91. The van der Waals surface area contributed by atoms with E-state index in [1.54, 1.807) is 0 Å². The van der Waals surface area contributed by atoms with Gasteiger partial charge >= 0.3 is 5.97 Å². The molecule has 0 atom stereocenters. The lowest BCUT2D eigenvalue weighted by molar-refractivity contribution is -0.136. The molecule has 0 fully saturated rings. The van der Waals surface area contributed by atoms with Crippen LogP contribution in [0.4, 0.5) is 0 Å². The molecule has 96 valence electrons. The summed E-state index contributed by atoms with van der Waals surface area (Å²) in [6.07, 6.45) is 0.526. The minimum absolute atomic E-state index is 0.348. The lowest BCUT2D eigenvalue weighted by Gasteiger charge is -2.29. The van der Waals surface area contributed by atoms with Gasteiger partial charge in [-0.3, -0.25) is 0 Å². The van der Waals surface area contributed by atoms with Gasteiger partial charge in [0.15, 0.2) is 0 Å². The summed E-state index contributed by atoms with van der Waals surface area (Å²) in [5.74, 6) is -0.348. The van der Waals surface area contributed by atoms with Gasteiger partial charge in [-0.1, -0.05) is 50.5 Å². The number of carbonyl (C=O) groups is 1. The summed E-state index contributed by atoms with van der Waals surface area (Å²) in [7, 11) is -0.162. The van der Waals surface area contributed by atoms with Gasteiger partial charge in [0.2, 0.25) is 0 Å². The molecule has 2 nitrogen and oxygen atoms in total. The van der Waals surface area contributed by atoms with E-state index >= 15 is 0 Å². The maximum absolute atomic E-state index is 11.4. The van der Waals surface area contributed by atoms with Crippen LogP contribution in [0.3, 0.4) is 0 Å². The van der Waals surface area contributed by atoms with Crippen molar-refractivity contribution in [1.29, 1.82) is 0 Å². The molecule has 0 amide bonds. The van der Waals surface area contributed by atoms with Crippen molar-refractivity contribution in [3.8, 4) is 0 Å². The third-order valence-corrected chi connectivity index (χ3v) is 9.73. The summed E-state index contributed by atoms with van der Waals surface area (Å²) in [6.45, 7) is 10.4. The molecule has 0 saturated carbocycles. The molecule has 0 radical (unpaired) electrons. The molecule has 0 heterocycles. The average Bonchev–Trinajstić information content (AvgIpc) is 2.38. The molecule has 0 bridgehead atoms. The van der Waals surface area contributed by atoms with Gasteiger partial charge < -0.3 is 4.74 Å². The highest BCUT2D eigenvalue weighted by Crippen LogP contribution is 2.30. The van der Waals surface area contributed by atoms with E-state index in [9.17, 15) is 4.79 Å². The number of ether oxygens (including phenoxy) is 1. The molecule has 0 rings (SSSR count). The van der Waals surface area contributed by atoms with Crippen LogP contribution < -0.4 is 0 Å². The van der Waals surface area contributed by atoms with Crippen molar-refractivity contribution in [3.63, 3.8) is 0 Å². The quantitative estimate of drug-likeness (QED) is 0.305. The lowest BCUT2D eigenvalue weighted by atomic mass is 10.2.